The summed E-state index contributed by atoms with van der Waals surface area (Å²) in [5, 5.41) is 3.06. The van der Waals surface area contributed by atoms with Crippen LogP contribution in [0.25, 0.3) is 16.8 Å². The van der Waals surface area contributed by atoms with Crippen LogP contribution in [-0.4, -0.2) is 58.7 Å². The van der Waals surface area contributed by atoms with Gasteiger partial charge in [-0.15, -0.1) is 0 Å². The number of aryl methyl sites for hydroxylation is 1. The largest absolute Gasteiger partial charge is 0.493 e. The third-order valence-corrected chi connectivity index (χ3v) is 6.90. The Morgan fingerprint density at radius 3 is 2.62 bits per heavy atom. The van der Waals surface area contributed by atoms with E-state index in [1.54, 1.807) is 32.8 Å². The summed E-state index contributed by atoms with van der Waals surface area (Å²) in [6.07, 6.45) is 7.53. The van der Waals surface area contributed by atoms with E-state index in [1.165, 1.54) is 0 Å². The fourth-order valence-corrected chi connectivity index (χ4v) is 4.99. The van der Waals surface area contributed by atoms with Crippen molar-refractivity contribution >= 4 is 11.6 Å². The number of benzene rings is 2. The Labute approximate surface area is 228 Å². The molecule has 0 radical (unpaired) electrons. The van der Waals surface area contributed by atoms with Crippen LogP contribution in [0, 0.1) is 6.92 Å². The van der Waals surface area contributed by atoms with E-state index < -0.39 is 0 Å². The lowest BCUT2D eigenvalue weighted by Crippen LogP contribution is -2.42. The predicted molar refractivity (Wildman–Crippen MR) is 152 cm³/mol. The van der Waals surface area contributed by atoms with Crippen molar-refractivity contribution in [3.63, 3.8) is 0 Å². The number of piperidine rings is 1. The molecule has 1 amide bonds. The van der Waals surface area contributed by atoms with Gasteiger partial charge in [0.25, 0.3) is 5.91 Å². The number of hydrogen-bond donors (Lipinski definition) is 2. The molecule has 39 heavy (non-hydrogen) atoms. The number of nitrogens with two attached hydrogens (primary N) is 1. The number of ether oxygens (including phenoxy) is 2. The molecule has 2 aromatic carbocycles. The number of nitrogens with one attached hydrogen (secondary N) is 1. The number of hydrogen-bond acceptors (Lipinski definition) is 7. The summed E-state index contributed by atoms with van der Waals surface area (Å²) < 4.78 is 12.7. The summed E-state index contributed by atoms with van der Waals surface area (Å²) in [5.74, 6) is 0.970. The van der Waals surface area contributed by atoms with Crippen molar-refractivity contribution in [1.82, 2.24) is 19.4 Å². The molecule has 1 aliphatic rings. The molecule has 202 valence electrons. The number of nitrogens with zero attached hydrogens (tertiary/aromatic N) is 4. The Bertz CT molecular complexity index is 1470. The van der Waals surface area contributed by atoms with E-state index in [4.69, 9.17) is 15.2 Å². The normalized spacial score (nSPS) is 15.6. The zero-order valence-corrected chi connectivity index (χ0v) is 22.6. The lowest BCUT2D eigenvalue weighted by atomic mass is 10.0. The van der Waals surface area contributed by atoms with Gasteiger partial charge in [0.15, 0.2) is 11.5 Å². The lowest BCUT2D eigenvalue weighted by Gasteiger charge is -2.30. The minimum atomic E-state index is -0.290. The van der Waals surface area contributed by atoms with E-state index in [9.17, 15) is 4.79 Å². The Hall–Kier alpha value is -4.21. The molecule has 0 aliphatic carbocycles. The fourth-order valence-electron chi connectivity index (χ4n) is 4.99. The number of carbonyl (C=O) groups is 1. The first-order chi connectivity index (χ1) is 18.9. The third-order valence-electron chi connectivity index (χ3n) is 6.90. The second-order valence-corrected chi connectivity index (χ2v) is 9.90. The first-order valence-electron chi connectivity index (χ1n) is 13.0. The zero-order chi connectivity index (χ0) is 27.4. The zero-order valence-electron chi connectivity index (χ0n) is 22.6. The summed E-state index contributed by atoms with van der Waals surface area (Å²) in [4.78, 5) is 24.4. The number of rotatable bonds is 8. The summed E-state index contributed by atoms with van der Waals surface area (Å²) >= 11 is 0. The number of pyridine rings is 1. The van der Waals surface area contributed by atoms with Gasteiger partial charge < -0.3 is 25.1 Å². The highest BCUT2D eigenvalue weighted by Gasteiger charge is 2.18. The van der Waals surface area contributed by atoms with Crippen molar-refractivity contribution in [2.24, 2.45) is 5.73 Å². The van der Waals surface area contributed by atoms with Crippen molar-refractivity contribution in [2.45, 2.75) is 32.4 Å². The SMILES string of the molecule is COc1ccc(-c2ccnc(C(=O)Nc3cc(CN4CCCC(N)C4)cc(-n4cnc(C)c4)c3)c2)cc1OC. The monoisotopic (exact) mass is 526 g/mol. The highest BCUT2D eigenvalue weighted by molar-refractivity contribution is 6.03. The number of likely N-dealkylation sites (tertiary alicyclic amines) is 1. The van der Waals surface area contributed by atoms with Gasteiger partial charge in [-0.1, -0.05) is 6.07 Å². The minimum Gasteiger partial charge on any atom is -0.493 e. The van der Waals surface area contributed by atoms with Crippen LogP contribution in [0.2, 0.25) is 0 Å². The first kappa shape index (κ1) is 26.4. The van der Waals surface area contributed by atoms with Crippen molar-refractivity contribution < 1.29 is 14.3 Å². The van der Waals surface area contributed by atoms with E-state index in [-0.39, 0.29) is 11.9 Å². The molecule has 3 N–H and O–H groups in total. The van der Waals surface area contributed by atoms with Crippen molar-refractivity contribution in [1.29, 1.82) is 0 Å². The molecule has 1 saturated heterocycles. The molecule has 2 aromatic heterocycles. The number of imidazole rings is 1. The van der Waals surface area contributed by atoms with Crippen LogP contribution in [-0.2, 0) is 6.54 Å². The number of methoxy groups -OCH3 is 2. The van der Waals surface area contributed by atoms with Gasteiger partial charge >= 0.3 is 0 Å². The molecule has 0 spiro atoms. The smallest absolute Gasteiger partial charge is 0.274 e. The Morgan fingerprint density at radius 1 is 1.05 bits per heavy atom. The van der Waals surface area contributed by atoms with Crippen LogP contribution < -0.4 is 20.5 Å². The maximum Gasteiger partial charge on any atom is 0.274 e. The van der Waals surface area contributed by atoms with Crippen molar-refractivity contribution in [3.8, 4) is 28.3 Å². The summed E-state index contributed by atoms with van der Waals surface area (Å²) in [6.45, 7) is 4.58. The molecule has 0 bridgehead atoms. The van der Waals surface area contributed by atoms with Gasteiger partial charge in [0.05, 0.1) is 26.2 Å². The average Bonchev–Trinajstić information content (AvgIpc) is 3.39. The topological polar surface area (TPSA) is 108 Å². The van der Waals surface area contributed by atoms with Crippen molar-refractivity contribution in [3.05, 3.63) is 84.2 Å². The standard InChI is InChI=1S/C30H34N6O3/c1-20-16-36(19-33-20)26-12-21(17-35-10-4-5-24(31)18-35)11-25(15-26)34-30(37)27-13-23(8-9-32-27)22-6-7-28(38-2)29(14-22)39-3/h6-9,11-16,19,24H,4-5,10,17-18,31H2,1-3H3,(H,34,37). The molecular weight excluding hydrogens is 492 g/mol. The van der Waals surface area contributed by atoms with Gasteiger partial charge in [-0.05, 0) is 85.5 Å². The van der Waals surface area contributed by atoms with E-state index >= 15 is 0 Å². The maximum absolute atomic E-state index is 13.4. The van der Waals surface area contributed by atoms with Gasteiger partial charge in [-0.2, -0.15) is 0 Å². The number of amides is 1. The molecule has 3 heterocycles. The highest BCUT2D eigenvalue weighted by Crippen LogP contribution is 2.32. The van der Waals surface area contributed by atoms with Gasteiger partial charge in [-0.25, -0.2) is 4.98 Å². The van der Waals surface area contributed by atoms with Crippen LogP contribution >= 0.6 is 0 Å². The Kier molecular flexibility index (Phi) is 7.90. The highest BCUT2D eigenvalue weighted by atomic mass is 16.5. The Balaban J connectivity index is 1.41. The first-order valence-corrected chi connectivity index (χ1v) is 13.0. The van der Waals surface area contributed by atoms with E-state index in [1.807, 2.05) is 54.1 Å². The van der Waals surface area contributed by atoms with Crippen molar-refractivity contribution in [2.75, 3.05) is 32.6 Å². The van der Waals surface area contributed by atoms with E-state index in [0.29, 0.717) is 22.9 Å². The van der Waals surface area contributed by atoms with E-state index in [2.05, 4.69) is 26.3 Å². The molecule has 4 aromatic rings. The van der Waals surface area contributed by atoms with Crippen LogP contribution in [0.5, 0.6) is 11.5 Å². The van der Waals surface area contributed by atoms with Gasteiger partial charge in [0.1, 0.15) is 5.69 Å². The number of anilines is 1. The molecular formula is C30H34N6O3. The number of carbonyl (C=O) groups excluding carboxylic acids is 1. The summed E-state index contributed by atoms with van der Waals surface area (Å²) in [5.41, 5.74) is 11.9. The Morgan fingerprint density at radius 2 is 1.87 bits per heavy atom. The quantitative estimate of drug-likeness (QED) is 0.350. The van der Waals surface area contributed by atoms with Crippen LogP contribution in [0.15, 0.2) is 67.3 Å². The summed E-state index contributed by atoms with van der Waals surface area (Å²) in [6, 6.07) is 15.6. The van der Waals surface area contributed by atoms with Gasteiger partial charge in [0, 0.05) is 42.9 Å². The van der Waals surface area contributed by atoms with Gasteiger partial charge in [-0.3, -0.25) is 14.7 Å². The third kappa shape index (κ3) is 6.27. The molecule has 0 saturated carbocycles. The number of aromatic nitrogens is 3. The molecule has 1 aliphatic heterocycles. The van der Waals surface area contributed by atoms with Crippen LogP contribution in [0.3, 0.4) is 0 Å². The molecule has 1 fully saturated rings. The second kappa shape index (κ2) is 11.7. The van der Waals surface area contributed by atoms with Crippen LogP contribution in [0.1, 0.15) is 34.6 Å². The molecule has 5 rings (SSSR count). The lowest BCUT2D eigenvalue weighted by molar-refractivity contribution is 0.102. The summed E-state index contributed by atoms with van der Waals surface area (Å²) in [7, 11) is 3.20. The second-order valence-electron chi connectivity index (χ2n) is 9.90. The van der Waals surface area contributed by atoms with Crippen LogP contribution in [0.4, 0.5) is 5.69 Å². The minimum absolute atomic E-state index is 0.196. The molecule has 9 heteroatoms. The maximum atomic E-state index is 13.4. The average molecular weight is 527 g/mol. The fraction of sp³-hybridized carbons (Fsp3) is 0.300. The molecule has 1 unspecified atom stereocenters. The molecule has 1 atom stereocenters. The van der Waals surface area contributed by atoms with Gasteiger partial charge in [0.2, 0.25) is 0 Å². The molecule has 9 nitrogen and oxygen atoms in total. The predicted octanol–water partition coefficient (Wildman–Crippen LogP) is 4.44. The van der Waals surface area contributed by atoms with E-state index in [0.717, 1.165) is 60.5 Å².